The van der Waals surface area contributed by atoms with Gasteiger partial charge < -0.3 is 24.8 Å². The Morgan fingerprint density at radius 2 is 1.74 bits per heavy atom. The van der Waals surface area contributed by atoms with Gasteiger partial charge in [-0.3, -0.25) is 24.2 Å². The molecular formula is C34H42ClFN6O4. The number of halogens is 2. The summed E-state index contributed by atoms with van der Waals surface area (Å²) < 4.78 is 20.5. The standard InChI is InChI=1S/C34H42ClFN6O4/c35-24-4-5-26(28(36)21-24)23-3-6-29-27(20-23)32(43)42-15-13-39(33(44)30-2-1-11-40(30)25-7-9-37-10-8-25)22-31(42)34(45)41(29)14-12-38-16-18-46-19-17-38/h3-6,20-21,25,30-31,37H,1-2,7-19,22H2/t30-,31+/m0/s1. The molecule has 1 N–H and O–H groups in total. The van der Waals surface area contributed by atoms with Crippen molar-refractivity contribution in [3.05, 3.63) is 52.8 Å². The monoisotopic (exact) mass is 652 g/mol. The van der Waals surface area contributed by atoms with Gasteiger partial charge >= 0.3 is 0 Å². The quantitative estimate of drug-likeness (QED) is 0.514. The summed E-state index contributed by atoms with van der Waals surface area (Å²) in [6.07, 6.45) is 3.88. The third-order valence-electron chi connectivity index (χ3n) is 10.4. The van der Waals surface area contributed by atoms with Crippen LogP contribution in [-0.4, -0.2) is 134 Å². The molecule has 10 nitrogen and oxygen atoms in total. The van der Waals surface area contributed by atoms with Crippen LogP contribution in [0.4, 0.5) is 10.1 Å². The molecule has 4 saturated heterocycles. The Kier molecular flexibility index (Phi) is 9.29. The van der Waals surface area contributed by atoms with Gasteiger partial charge in [0.1, 0.15) is 11.9 Å². The number of ether oxygens (including phenoxy) is 1. The lowest BCUT2D eigenvalue weighted by molar-refractivity contribution is -0.141. The molecule has 46 heavy (non-hydrogen) atoms. The number of nitrogens with zero attached hydrogens (tertiary/aromatic N) is 5. The van der Waals surface area contributed by atoms with Crippen molar-refractivity contribution < 1.29 is 23.5 Å². The van der Waals surface area contributed by atoms with Gasteiger partial charge in [0.25, 0.3) is 11.8 Å². The molecule has 0 bridgehead atoms. The van der Waals surface area contributed by atoms with E-state index in [0.717, 1.165) is 58.4 Å². The minimum absolute atomic E-state index is 0.0676. The Hall–Kier alpha value is -3.09. The molecule has 5 aliphatic rings. The first kappa shape index (κ1) is 31.5. The fourth-order valence-electron chi connectivity index (χ4n) is 7.86. The first-order valence-corrected chi connectivity index (χ1v) is 17.0. The maximum absolute atomic E-state index is 15.0. The molecule has 4 fully saturated rings. The van der Waals surface area contributed by atoms with Crippen molar-refractivity contribution in [2.75, 3.05) is 83.6 Å². The number of nitrogens with one attached hydrogen (secondary N) is 1. The first-order chi connectivity index (χ1) is 22.4. The molecule has 0 aliphatic carbocycles. The molecule has 5 aliphatic heterocycles. The fraction of sp³-hybridized carbons (Fsp3) is 0.559. The molecule has 5 heterocycles. The zero-order chi connectivity index (χ0) is 31.8. The van der Waals surface area contributed by atoms with E-state index in [0.29, 0.717) is 66.3 Å². The molecule has 0 saturated carbocycles. The van der Waals surface area contributed by atoms with E-state index in [2.05, 4.69) is 15.1 Å². The number of carbonyl (C=O) groups excluding carboxylic acids is 3. The van der Waals surface area contributed by atoms with E-state index in [1.165, 1.54) is 6.07 Å². The zero-order valence-electron chi connectivity index (χ0n) is 26.1. The van der Waals surface area contributed by atoms with Gasteiger partial charge in [0.05, 0.1) is 37.1 Å². The Bertz CT molecular complexity index is 1480. The third-order valence-corrected chi connectivity index (χ3v) is 10.6. The molecule has 246 valence electrons. The van der Waals surface area contributed by atoms with Crippen LogP contribution in [0.2, 0.25) is 5.02 Å². The van der Waals surface area contributed by atoms with Crippen LogP contribution >= 0.6 is 11.6 Å². The van der Waals surface area contributed by atoms with Gasteiger partial charge in [0, 0.05) is 55.9 Å². The van der Waals surface area contributed by atoms with Gasteiger partial charge in [-0.25, -0.2) is 4.39 Å². The normalized spacial score (nSPS) is 25.0. The SMILES string of the molecule is O=C([C@@H]1CCCN1C1CCNCC1)N1CCN2C(=O)c3cc(-c4ccc(Cl)cc4F)ccc3N(CCN3CCOCC3)C(=O)[C@H]2C1. The summed E-state index contributed by atoms with van der Waals surface area (Å²) in [5.41, 5.74) is 1.74. The minimum Gasteiger partial charge on any atom is -0.379 e. The Labute approximate surface area is 274 Å². The molecule has 0 unspecified atom stereocenters. The molecular weight excluding hydrogens is 611 g/mol. The average Bonchev–Trinajstić information content (AvgIpc) is 3.56. The van der Waals surface area contributed by atoms with Crippen LogP contribution in [0.3, 0.4) is 0 Å². The highest BCUT2D eigenvalue weighted by Gasteiger charge is 2.46. The number of anilines is 1. The molecule has 3 amide bonds. The number of hydrogen-bond donors (Lipinski definition) is 1. The van der Waals surface area contributed by atoms with Crippen molar-refractivity contribution in [1.29, 1.82) is 0 Å². The van der Waals surface area contributed by atoms with E-state index >= 15 is 0 Å². The summed E-state index contributed by atoms with van der Waals surface area (Å²) in [6, 6.07) is 9.09. The second-order valence-corrected chi connectivity index (χ2v) is 13.4. The number of rotatable bonds is 6. The molecule has 2 aromatic rings. The maximum Gasteiger partial charge on any atom is 0.256 e. The smallest absolute Gasteiger partial charge is 0.256 e. The molecule has 0 spiro atoms. The van der Waals surface area contributed by atoms with Gasteiger partial charge in [-0.05, 0) is 81.2 Å². The number of fused-ring (bicyclic) bond motifs is 2. The van der Waals surface area contributed by atoms with Crippen molar-refractivity contribution in [2.24, 2.45) is 0 Å². The number of benzene rings is 2. The average molecular weight is 653 g/mol. The Morgan fingerprint density at radius 3 is 2.52 bits per heavy atom. The van der Waals surface area contributed by atoms with Crippen LogP contribution < -0.4 is 10.2 Å². The minimum atomic E-state index is -0.799. The van der Waals surface area contributed by atoms with E-state index in [9.17, 15) is 18.8 Å². The van der Waals surface area contributed by atoms with Crippen molar-refractivity contribution in [3.63, 3.8) is 0 Å². The zero-order valence-corrected chi connectivity index (χ0v) is 26.9. The van der Waals surface area contributed by atoms with Crippen LogP contribution in [0, 0.1) is 5.82 Å². The molecule has 2 atom stereocenters. The van der Waals surface area contributed by atoms with Crippen LogP contribution in [0.5, 0.6) is 0 Å². The lowest BCUT2D eigenvalue weighted by Gasteiger charge is -2.43. The number of hydrogen-bond acceptors (Lipinski definition) is 7. The predicted octanol–water partition coefficient (Wildman–Crippen LogP) is 2.69. The van der Waals surface area contributed by atoms with Crippen molar-refractivity contribution in [3.8, 4) is 11.1 Å². The van der Waals surface area contributed by atoms with Crippen molar-refractivity contribution >= 4 is 35.0 Å². The predicted molar refractivity (Wildman–Crippen MR) is 173 cm³/mol. The number of likely N-dealkylation sites (tertiary alicyclic amines) is 1. The van der Waals surface area contributed by atoms with Crippen LogP contribution in [0.25, 0.3) is 11.1 Å². The summed E-state index contributed by atoms with van der Waals surface area (Å²) in [5, 5.41) is 3.71. The molecule has 0 aromatic heterocycles. The Balaban J connectivity index is 1.17. The second kappa shape index (κ2) is 13.6. The van der Waals surface area contributed by atoms with E-state index in [-0.39, 0.29) is 36.9 Å². The van der Waals surface area contributed by atoms with Gasteiger partial charge in [-0.1, -0.05) is 17.7 Å². The van der Waals surface area contributed by atoms with Crippen LogP contribution in [0.1, 0.15) is 36.0 Å². The lowest BCUT2D eigenvalue weighted by Crippen LogP contribution is -2.63. The van der Waals surface area contributed by atoms with Crippen LogP contribution in [0.15, 0.2) is 36.4 Å². The molecule has 7 rings (SSSR count). The highest BCUT2D eigenvalue weighted by molar-refractivity contribution is 6.30. The second-order valence-electron chi connectivity index (χ2n) is 13.0. The van der Waals surface area contributed by atoms with Crippen LogP contribution in [-0.2, 0) is 14.3 Å². The summed E-state index contributed by atoms with van der Waals surface area (Å²) in [7, 11) is 0. The van der Waals surface area contributed by atoms with Crippen molar-refractivity contribution in [2.45, 2.75) is 43.8 Å². The molecule has 2 aromatic carbocycles. The third kappa shape index (κ3) is 6.15. The van der Waals surface area contributed by atoms with Gasteiger partial charge in [-0.15, -0.1) is 0 Å². The number of piperazine rings is 1. The first-order valence-electron chi connectivity index (χ1n) is 16.7. The van der Waals surface area contributed by atoms with Gasteiger partial charge in [0.2, 0.25) is 5.91 Å². The maximum atomic E-state index is 15.0. The number of amides is 3. The highest BCUT2D eigenvalue weighted by Crippen LogP contribution is 2.35. The summed E-state index contributed by atoms with van der Waals surface area (Å²) >= 11 is 6.01. The van der Waals surface area contributed by atoms with E-state index in [4.69, 9.17) is 16.3 Å². The fourth-order valence-corrected chi connectivity index (χ4v) is 8.02. The summed E-state index contributed by atoms with van der Waals surface area (Å²) in [6.45, 7) is 7.49. The summed E-state index contributed by atoms with van der Waals surface area (Å²) in [5.74, 6) is -0.880. The van der Waals surface area contributed by atoms with E-state index in [1.54, 1.807) is 40.1 Å². The van der Waals surface area contributed by atoms with Gasteiger partial charge in [-0.2, -0.15) is 0 Å². The highest BCUT2D eigenvalue weighted by atomic mass is 35.5. The van der Waals surface area contributed by atoms with E-state index < -0.39 is 11.9 Å². The molecule has 0 radical (unpaired) electrons. The number of carbonyl (C=O) groups is 3. The molecule has 12 heteroatoms. The lowest BCUT2D eigenvalue weighted by atomic mass is 10.00. The largest absolute Gasteiger partial charge is 0.379 e. The van der Waals surface area contributed by atoms with E-state index in [1.807, 2.05) is 4.90 Å². The number of morpholine rings is 1. The number of piperidine rings is 1. The topological polar surface area (TPSA) is 88.7 Å². The summed E-state index contributed by atoms with van der Waals surface area (Å²) in [4.78, 5) is 52.6. The van der Waals surface area contributed by atoms with Gasteiger partial charge in [0.15, 0.2) is 0 Å². The van der Waals surface area contributed by atoms with Crippen molar-refractivity contribution in [1.82, 2.24) is 24.9 Å². The Morgan fingerprint density at radius 1 is 0.935 bits per heavy atom.